The molecule has 0 atom stereocenters. The Morgan fingerprint density at radius 2 is 1.81 bits per heavy atom. The highest BCUT2D eigenvalue weighted by molar-refractivity contribution is 7.99. The number of benzene rings is 2. The highest BCUT2D eigenvalue weighted by Crippen LogP contribution is 2.19. The summed E-state index contributed by atoms with van der Waals surface area (Å²) < 4.78 is 12.1. The van der Waals surface area contributed by atoms with Gasteiger partial charge in [0.05, 0.1) is 26.0 Å². The standard InChI is InChI=1S/C23H26N4O4S/c1-3-31-21(28)16-32-23-26-25-20(27(23)14-13-17-7-5-4-6-8-17)15-24-22(29)18-9-11-19(30-2)12-10-18/h4-12H,3,13-16H2,1-2H3,(H,24,29). The molecule has 3 aromatic rings. The van der Waals surface area contributed by atoms with Crippen LogP contribution in [0.25, 0.3) is 0 Å². The SMILES string of the molecule is CCOC(=O)CSc1nnc(CNC(=O)c2ccc(OC)cc2)n1CCc1ccccc1. The fourth-order valence-corrected chi connectivity index (χ4v) is 3.78. The van der Waals surface area contributed by atoms with E-state index >= 15 is 0 Å². The lowest BCUT2D eigenvalue weighted by Crippen LogP contribution is -2.25. The van der Waals surface area contributed by atoms with Gasteiger partial charge in [0.2, 0.25) is 0 Å². The monoisotopic (exact) mass is 454 g/mol. The molecule has 168 valence electrons. The van der Waals surface area contributed by atoms with Crippen molar-refractivity contribution in [3.63, 3.8) is 0 Å². The first-order chi connectivity index (χ1) is 15.6. The van der Waals surface area contributed by atoms with Gasteiger partial charge in [-0.05, 0) is 43.2 Å². The number of carbonyl (C=O) groups is 2. The van der Waals surface area contributed by atoms with Crippen LogP contribution >= 0.6 is 11.8 Å². The van der Waals surface area contributed by atoms with E-state index in [9.17, 15) is 9.59 Å². The van der Waals surface area contributed by atoms with E-state index < -0.39 is 0 Å². The van der Waals surface area contributed by atoms with E-state index in [1.165, 1.54) is 17.3 Å². The van der Waals surface area contributed by atoms with Gasteiger partial charge in [-0.3, -0.25) is 9.59 Å². The molecule has 0 saturated heterocycles. The van der Waals surface area contributed by atoms with Crippen LogP contribution in [0.2, 0.25) is 0 Å². The Hall–Kier alpha value is -3.33. The summed E-state index contributed by atoms with van der Waals surface area (Å²) in [6, 6.07) is 17.0. The zero-order valence-electron chi connectivity index (χ0n) is 18.1. The molecule has 2 aromatic carbocycles. The van der Waals surface area contributed by atoms with Gasteiger partial charge in [-0.1, -0.05) is 42.1 Å². The van der Waals surface area contributed by atoms with Crippen molar-refractivity contribution in [2.45, 2.75) is 31.6 Å². The predicted molar refractivity (Wildman–Crippen MR) is 122 cm³/mol. The maximum Gasteiger partial charge on any atom is 0.316 e. The number of amides is 1. The van der Waals surface area contributed by atoms with Crippen molar-refractivity contribution in [2.75, 3.05) is 19.5 Å². The summed E-state index contributed by atoms with van der Waals surface area (Å²) in [6.45, 7) is 2.94. The van der Waals surface area contributed by atoms with Crippen molar-refractivity contribution in [1.29, 1.82) is 0 Å². The van der Waals surface area contributed by atoms with E-state index in [2.05, 4.69) is 27.6 Å². The Labute approximate surface area is 191 Å². The van der Waals surface area contributed by atoms with Crippen molar-refractivity contribution in [1.82, 2.24) is 20.1 Å². The minimum atomic E-state index is -0.301. The lowest BCUT2D eigenvalue weighted by Gasteiger charge is -2.11. The summed E-state index contributed by atoms with van der Waals surface area (Å²) in [6.07, 6.45) is 0.769. The van der Waals surface area contributed by atoms with E-state index in [0.717, 1.165) is 6.42 Å². The van der Waals surface area contributed by atoms with Gasteiger partial charge in [0.15, 0.2) is 11.0 Å². The number of ether oxygens (including phenoxy) is 2. The van der Waals surface area contributed by atoms with Gasteiger partial charge in [0.25, 0.3) is 5.91 Å². The summed E-state index contributed by atoms with van der Waals surface area (Å²) >= 11 is 1.27. The van der Waals surface area contributed by atoms with Crippen LogP contribution in [0.4, 0.5) is 0 Å². The molecule has 9 heteroatoms. The summed E-state index contributed by atoms with van der Waals surface area (Å²) in [5.74, 6) is 0.935. The zero-order valence-corrected chi connectivity index (χ0v) is 18.9. The third kappa shape index (κ3) is 6.58. The Bertz CT molecular complexity index is 1020. The van der Waals surface area contributed by atoms with Crippen molar-refractivity contribution < 1.29 is 19.1 Å². The molecule has 0 unspecified atom stereocenters. The minimum Gasteiger partial charge on any atom is -0.497 e. The van der Waals surface area contributed by atoms with Crippen LogP contribution < -0.4 is 10.1 Å². The molecular formula is C23H26N4O4S. The number of aryl methyl sites for hydroxylation is 1. The molecule has 0 saturated carbocycles. The zero-order chi connectivity index (χ0) is 22.8. The molecule has 1 heterocycles. The van der Waals surface area contributed by atoms with E-state index in [4.69, 9.17) is 9.47 Å². The number of esters is 1. The summed E-state index contributed by atoms with van der Waals surface area (Å²) in [5, 5.41) is 12.0. The van der Waals surface area contributed by atoms with Crippen molar-refractivity contribution in [3.05, 3.63) is 71.5 Å². The van der Waals surface area contributed by atoms with Crippen LogP contribution in [0.3, 0.4) is 0 Å². The number of carbonyl (C=O) groups excluding carboxylic acids is 2. The van der Waals surface area contributed by atoms with Crippen LogP contribution in [0, 0.1) is 0 Å². The van der Waals surface area contributed by atoms with Crippen LogP contribution in [0.1, 0.15) is 28.7 Å². The van der Waals surface area contributed by atoms with Crippen LogP contribution in [0.15, 0.2) is 59.8 Å². The molecule has 0 fully saturated rings. The normalized spacial score (nSPS) is 10.6. The molecule has 0 aliphatic carbocycles. The molecule has 1 aromatic heterocycles. The second-order valence-electron chi connectivity index (χ2n) is 6.79. The van der Waals surface area contributed by atoms with Crippen LogP contribution in [-0.4, -0.2) is 46.1 Å². The average Bonchev–Trinajstić information content (AvgIpc) is 3.22. The van der Waals surface area contributed by atoms with Gasteiger partial charge in [-0.2, -0.15) is 0 Å². The number of hydrogen-bond donors (Lipinski definition) is 1. The molecule has 1 N–H and O–H groups in total. The molecule has 32 heavy (non-hydrogen) atoms. The van der Waals surface area contributed by atoms with Crippen molar-refractivity contribution in [2.24, 2.45) is 0 Å². The second kappa shape index (κ2) is 11.9. The Morgan fingerprint density at radius 3 is 2.50 bits per heavy atom. The second-order valence-corrected chi connectivity index (χ2v) is 7.73. The fraction of sp³-hybridized carbons (Fsp3) is 0.304. The predicted octanol–water partition coefficient (Wildman–Crippen LogP) is 3.11. The van der Waals surface area contributed by atoms with Gasteiger partial charge in [-0.25, -0.2) is 0 Å². The smallest absolute Gasteiger partial charge is 0.316 e. The van der Waals surface area contributed by atoms with Gasteiger partial charge >= 0.3 is 5.97 Å². The van der Waals surface area contributed by atoms with Crippen LogP contribution in [-0.2, 0) is 29.0 Å². The lowest BCUT2D eigenvalue weighted by molar-refractivity contribution is -0.139. The molecule has 0 radical (unpaired) electrons. The molecule has 3 rings (SSSR count). The third-order valence-corrected chi connectivity index (χ3v) is 5.58. The molecule has 0 aliphatic rings. The number of rotatable bonds is 11. The summed E-state index contributed by atoms with van der Waals surface area (Å²) in [7, 11) is 1.58. The van der Waals surface area contributed by atoms with Gasteiger partial charge < -0.3 is 19.4 Å². The molecule has 0 spiro atoms. The lowest BCUT2D eigenvalue weighted by atomic mass is 10.1. The number of thioether (sulfide) groups is 1. The van der Waals surface area contributed by atoms with Crippen molar-refractivity contribution in [3.8, 4) is 5.75 Å². The number of nitrogens with one attached hydrogen (secondary N) is 1. The van der Waals surface area contributed by atoms with E-state index in [1.807, 2.05) is 22.8 Å². The van der Waals surface area contributed by atoms with Gasteiger partial charge in [-0.15, -0.1) is 10.2 Å². The quantitative estimate of drug-likeness (QED) is 0.351. The minimum absolute atomic E-state index is 0.148. The molecule has 0 bridgehead atoms. The van der Waals surface area contributed by atoms with Gasteiger partial charge in [0, 0.05) is 12.1 Å². The Morgan fingerprint density at radius 1 is 1.06 bits per heavy atom. The van der Waals surface area contributed by atoms with E-state index in [1.54, 1.807) is 38.3 Å². The maximum atomic E-state index is 12.5. The van der Waals surface area contributed by atoms with E-state index in [0.29, 0.717) is 35.4 Å². The highest BCUT2D eigenvalue weighted by Gasteiger charge is 2.16. The Balaban J connectivity index is 1.69. The average molecular weight is 455 g/mol. The Kier molecular flexibility index (Phi) is 8.68. The first-order valence-corrected chi connectivity index (χ1v) is 11.3. The molecule has 1 amide bonds. The molecule has 8 nitrogen and oxygen atoms in total. The fourth-order valence-electron chi connectivity index (χ4n) is 3.00. The first kappa shape index (κ1) is 23.3. The summed E-state index contributed by atoms with van der Waals surface area (Å²) in [4.78, 5) is 24.3. The van der Waals surface area contributed by atoms with Crippen LogP contribution in [0.5, 0.6) is 5.75 Å². The molecule has 0 aliphatic heterocycles. The topological polar surface area (TPSA) is 95.3 Å². The molecular weight excluding hydrogens is 428 g/mol. The summed E-state index contributed by atoms with van der Waals surface area (Å²) in [5.41, 5.74) is 1.70. The number of hydrogen-bond acceptors (Lipinski definition) is 7. The number of nitrogens with zero attached hydrogens (tertiary/aromatic N) is 3. The van der Waals surface area contributed by atoms with Gasteiger partial charge in [0.1, 0.15) is 5.75 Å². The number of methoxy groups -OCH3 is 1. The highest BCUT2D eigenvalue weighted by atomic mass is 32.2. The number of aromatic nitrogens is 3. The third-order valence-electron chi connectivity index (χ3n) is 4.64. The van der Waals surface area contributed by atoms with Crippen molar-refractivity contribution >= 4 is 23.6 Å². The maximum absolute atomic E-state index is 12.5. The first-order valence-electron chi connectivity index (χ1n) is 10.3. The largest absolute Gasteiger partial charge is 0.497 e. The van der Waals surface area contributed by atoms with E-state index in [-0.39, 0.29) is 24.2 Å².